The number of nitrogens with one attached hydrogen (secondary N) is 1. The van der Waals surface area contributed by atoms with Crippen molar-refractivity contribution in [2.75, 3.05) is 31.7 Å². The molecule has 4 rings (SSSR count). The van der Waals surface area contributed by atoms with Gasteiger partial charge in [0.2, 0.25) is 0 Å². The highest BCUT2D eigenvalue weighted by Crippen LogP contribution is 2.38. The van der Waals surface area contributed by atoms with Crippen LogP contribution in [0.1, 0.15) is 71.6 Å². The zero-order valence-corrected chi connectivity index (χ0v) is 25.3. The number of fused-ring (bicyclic) bond motifs is 1. The molecule has 0 spiro atoms. The molecule has 3 aromatic carbocycles. The number of anilines is 1. The standard InChI is InChI=1S/C36H46N2O4/c1-3-5-7-15-25-39-31-20-11-12-21-32(31)41-27-17-24-37-36-29-18-9-10-19-30(29)38-28-35(36)42-34-23-14-13-22-33(34)40-26-16-8-6-4-2/h9-14,18-23,28H,3-8,15-17,24-27H2,1-2H3,(H,37,38). The molecule has 0 unspecified atom stereocenters. The van der Waals surface area contributed by atoms with Crippen LogP contribution < -0.4 is 24.3 Å². The van der Waals surface area contributed by atoms with Crippen molar-refractivity contribution in [3.63, 3.8) is 0 Å². The van der Waals surface area contributed by atoms with Crippen molar-refractivity contribution in [3.05, 3.63) is 79.0 Å². The summed E-state index contributed by atoms with van der Waals surface area (Å²) in [5, 5.41) is 4.61. The van der Waals surface area contributed by atoms with E-state index in [9.17, 15) is 0 Å². The average molecular weight is 571 g/mol. The molecule has 4 aromatic rings. The van der Waals surface area contributed by atoms with Gasteiger partial charge in [0, 0.05) is 11.9 Å². The van der Waals surface area contributed by atoms with Crippen molar-refractivity contribution in [2.45, 2.75) is 71.6 Å². The minimum atomic E-state index is 0.567. The first kappa shape index (κ1) is 31.0. The van der Waals surface area contributed by atoms with Crippen molar-refractivity contribution in [1.82, 2.24) is 4.98 Å². The topological polar surface area (TPSA) is 61.8 Å². The van der Waals surface area contributed by atoms with Gasteiger partial charge in [0.25, 0.3) is 0 Å². The van der Waals surface area contributed by atoms with Crippen molar-refractivity contribution in [2.24, 2.45) is 0 Å². The normalized spacial score (nSPS) is 10.9. The summed E-state index contributed by atoms with van der Waals surface area (Å²) in [4.78, 5) is 4.65. The smallest absolute Gasteiger partial charge is 0.169 e. The van der Waals surface area contributed by atoms with E-state index in [-0.39, 0.29) is 0 Å². The number of para-hydroxylation sites is 5. The lowest BCUT2D eigenvalue weighted by atomic mass is 10.1. The molecule has 0 radical (unpaired) electrons. The highest BCUT2D eigenvalue weighted by atomic mass is 16.5. The summed E-state index contributed by atoms with van der Waals surface area (Å²) in [5.41, 5.74) is 1.82. The van der Waals surface area contributed by atoms with Gasteiger partial charge in [-0.25, -0.2) is 0 Å². The molecule has 1 N–H and O–H groups in total. The van der Waals surface area contributed by atoms with Gasteiger partial charge in [-0.3, -0.25) is 4.98 Å². The van der Waals surface area contributed by atoms with Gasteiger partial charge in [0.15, 0.2) is 28.7 Å². The molecule has 0 saturated carbocycles. The lowest BCUT2D eigenvalue weighted by Crippen LogP contribution is -2.09. The minimum Gasteiger partial charge on any atom is -0.490 e. The Balaban J connectivity index is 1.37. The molecule has 1 heterocycles. The monoisotopic (exact) mass is 570 g/mol. The third-order valence-electron chi connectivity index (χ3n) is 7.05. The van der Waals surface area contributed by atoms with E-state index in [0.717, 1.165) is 53.1 Å². The summed E-state index contributed by atoms with van der Waals surface area (Å²) in [6.07, 6.45) is 11.9. The summed E-state index contributed by atoms with van der Waals surface area (Å²) in [6.45, 7) is 7.10. The van der Waals surface area contributed by atoms with E-state index in [2.05, 4.69) is 30.2 Å². The van der Waals surface area contributed by atoms with Gasteiger partial charge in [-0.2, -0.15) is 0 Å². The number of benzene rings is 3. The molecule has 0 aliphatic heterocycles. The first-order valence-corrected chi connectivity index (χ1v) is 15.7. The number of ether oxygens (including phenoxy) is 4. The summed E-state index contributed by atoms with van der Waals surface area (Å²) >= 11 is 0. The van der Waals surface area contributed by atoms with Gasteiger partial charge < -0.3 is 24.3 Å². The molecule has 0 amide bonds. The maximum atomic E-state index is 6.43. The number of aromatic nitrogens is 1. The minimum absolute atomic E-state index is 0.567. The zero-order chi connectivity index (χ0) is 29.2. The third-order valence-corrected chi connectivity index (χ3v) is 7.05. The fraction of sp³-hybridized carbons (Fsp3) is 0.417. The van der Waals surface area contributed by atoms with Crippen LogP contribution in [-0.2, 0) is 0 Å². The van der Waals surface area contributed by atoms with Crippen LogP contribution in [-0.4, -0.2) is 31.3 Å². The molecule has 6 heteroatoms. The second-order valence-corrected chi connectivity index (χ2v) is 10.5. The molecule has 224 valence electrons. The molecular weight excluding hydrogens is 524 g/mol. The largest absolute Gasteiger partial charge is 0.490 e. The second kappa shape index (κ2) is 17.8. The molecule has 0 fully saturated rings. The second-order valence-electron chi connectivity index (χ2n) is 10.5. The molecule has 0 bridgehead atoms. The highest BCUT2D eigenvalue weighted by molar-refractivity contribution is 5.94. The Morgan fingerprint density at radius 3 is 1.69 bits per heavy atom. The van der Waals surface area contributed by atoms with E-state index < -0.39 is 0 Å². The molecule has 0 saturated heterocycles. The number of nitrogens with zero attached hydrogens (tertiary/aromatic N) is 1. The van der Waals surface area contributed by atoms with E-state index in [0.29, 0.717) is 37.9 Å². The van der Waals surface area contributed by atoms with E-state index >= 15 is 0 Å². The lowest BCUT2D eigenvalue weighted by Gasteiger charge is -2.17. The summed E-state index contributed by atoms with van der Waals surface area (Å²) in [6, 6.07) is 23.9. The lowest BCUT2D eigenvalue weighted by molar-refractivity contribution is 0.262. The van der Waals surface area contributed by atoms with Gasteiger partial charge in [0.1, 0.15) is 0 Å². The Morgan fingerprint density at radius 1 is 0.548 bits per heavy atom. The highest BCUT2D eigenvalue weighted by Gasteiger charge is 2.14. The molecule has 0 aliphatic carbocycles. The van der Waals surface area contributed by atoms with Crippen LogP contribution >= 0.6 is 0 Å². The summed E-state index contributed by atoms with van der Waals surface area (Å²) < 4.78 is 24.7. The number of hydrogen-bond donors (Lipinski definition) is 1. The number of hydrogen-bond acceptors (Lipinski definition) is 6. The SMILES string of the molecule is CCCCCCOc1ccccc1OCCCNc1c(Oc2ccccc2OCCCCCC)cnc2ccccc12. The predicted octanol–water partition coefficient (Wildman–Crippen LogP) is 9.83. The van der Waals surface area contributed by atoms with Crippen LogP contribution in [0.4, 0.5) is 5.69 Å². The Hall–Kier alpha value is -3.93. The van der Waals surface area contributed by atoms with Gasteiger partial charge in [-0.15, -0.1) is 0 Å². The van der Waals surface area contributed by atoms with Crippen molar-refractivity contribution in [1.29, 1.82) is 0 Å². The van der Waals surface area contributed by atoms with Gasteiger partial charge in [0.05, 0.1) is 37.2 Å². The Labute approximate surface area is 251 Å². The van der Waals surface area contributed by atoms with Crippen LogP contribution in [0.2, 0.25) is 0 Å². The van der Waals surface area contributed by atoms with Crippen LogP contribution in [0.3, 0.4) is 0 Å². The number of rotatable bonds is 20. The molecular formula is C36H46N2O4. The first-order valence-electron chi connectivity index (χ1n) is 15.7. The maximum absolute atomic E-state index is 6.43. The van der Waals surface area contributed by atoms with Crippen LogP contribution in [0, 0.1) is 0 Å². The molecule has 0 atom stereocenters. The van der Waals surface area contributed by atoms with Gasteiger partial charge in [-0.05, 0) is 49.6 Å². The first-order chi connectivity index (χ1) is 20.8. The third kappa shape index (κ3) is 9.57. The molecule has 1 aromatic heterocycles. The van der Waals surface area contributed by atoms with E-state index in [1.165, 1.54) is 38.5 Å². The molecule has 6 nitrogen and oxygen atoms in total. The fourth-order valence-electron chi connectivity index (χ4n) is 4.73. The predicted molar refractivity (Wildman–Crippen MR) is 173 cm³/mol. The fourth-order valence-corrected chi connectivity index (χ4v) is 4.73. The van der Waals surface area contributed by atoms with E-state index in [1.807, 2.05) is 66.7 Å². The summed E-state index contributed by atoms with van der Waals surface area (Å²) in [7, 11) is 0. The maximum Gasteiger partial charge on any atom is 0.169 e. The van der Waals surface area contributed by atoms with Crippen LogP contribution in [0.25, 0.3) is 10.9 Å². The number of unbranched alkanes of at least 4 members (excludes halogenated alkanes) is 6. The van der Waals surface area contributed by atoms with Crippen LogP contribution in [0.5, 0.6) is 28.7 Å². The van der Waals surface area contributed by atoms with Crippen LogP contribution in [0.15, 0.2) is 79.0 Å². The summed E-state index contributed by atoms with van der Waals surface area (Å²) in [5.74, 6) is 3.69. The number of pyridine rings is 1. The molecule has 42 heavy (non-hydrogen) atoms. The average Bonchev–Trinajstić information content (AvgIpc) is 3.02. The Morgan fingerprint density at radius 2 is 1.07 bits per heavy atom. The van der Waals surface area contributed by atoms with E-state index in [4.69, 9.17) is 18.9 Å². The van der Waals surface area contributed by atoms with E-state index in [1.54, 1.807) is 6.20 Å². The Kier molecular flexibility index (Phi) is 13.1. The van der Waals surface area contributed by atoms with Crippen molar-refractivity contribution < 1.29 is 18.9 Å². The zero-order valence-electron chi connectivity index (χ0n) is 25.3. The van der Waals surface area contributed by atoms with Crippen molar-refractivity contribution >= 4 is 16.6 Å². The van der Waals surface area contributed by atoms with Gasteiger partial charge >= 0.3 is 0 Å². The Bertz CT molecular complexity index is 1340. The van der Waals surface area contributed by atoms with Gasteiger partial charge in [-0.1, -0.05) is 94.8 Å². The quantitative estimate of drug-likeness (QED) is 0.107. The molecule has 0 aliphatic rings. The van der Waals surface area contributed by atoms with Crippen molar-refractivity contribution in [3.8, 4) is 28.7 Å².